The highest BCUT2D eigenvalue weighted by Crippen LogP contribution is 2.43. The largest absolute Gasteiger partial charge is 0.460 e. The second-order valence-electron chi connectivity index (χ2n) is 11.2. The van der Waals surface area contributed by atoms with Crippen molar-refractivity contribution in [3.8, 4) is 6.07 Å². The highest BCUT2D eigenvalue weighted by Gasteiger charge is 2.38. The fourth-order valence-corrected chi connectivity index (χ4v) is 6.49. The third-order valence-corrected chi connectivity index (χ3v) is 8.94. The molecule has 2 aromatic heterocycles. The van der Waals surface area contributed by atoms with Crippen molar-refractivity contribution in [1.29, 1.82) is 5.26 Å². The molecule has 3 aromatic rings. The van der Waals surface area contributed by atoms with Gasteiger partial charge in [0.2, 0.25) is 10.0 Å². The molecule has 1 aliphatic carbocycles. The summed E-state index contributed by atoms with van der Waals surface area (Å²) in [7, 11) is -3.80. The van der Waals surface area contributed by atoms with Crippen LogP contribution in [-0.2, 0) is 19.6 Å². The molecule has 2 aliphatic rings. The Balaban J connectivity index is 1.35. The van der Waals surface area contributed by atoms with Gasteiger partial charge in [-0.05, 0) is 76.3 Å². The van der Waals surface area contributed by atoms with E-state index in [0.29, 0.717) is 41.2 Å². The van der Waals surface area contributed by atoms with Crippen molar-refractivity contribution in [2.24, 2.45) is 11.8 Å². The second kappa shape index (κ2) is 10.1. The Morgan fingerprint density at radius 3 is 2.59 bits per heavy atom. The second-order valence-corrected chi connectivity index (χ2v) is 13.1. The highest BCUT2D eigenvalue weighted by atomic mass is 32.2. The summed E-state index contributed by atoms with van der Waals surface area (Å²) in [5.74, 6) is -0.197. The van der Waals surface area contributed by atoms with E-state index in [4.69, 9.17) is 4.74 Å². The van der Waals surface area contributed by atoms with Gasteiger partial charge in [0.25, 0.3) is 5.56 Å². The molecular weight excluding hydrogens is 520 g/mol. The van der Waals surface area contributed by atoms with Crippen LogP contribution in [0.25, 0.3) is 10.9 Å². The predicted molar refractivity (Wildman–Crippen MR) is 145 cm³/mol. The number of carbonyl (C=O) groups excluding carboxylic acids is 1. The lowest BCUT2D eigenvalue weighted by Gasteiger charge is -2.22. The average Bonchev–Trinajstić information content (AvgIpc) is 3.45. The number of nitrogens with zero attached hydrogens (tertiary/aromatic N) is 4. The molecule has 1 aliphatic heterocycles. The summed E-state index contributed by atoms with van der Waals surface area (Å²) in [6, 6.07) is 10.1. The van der Waals surface area contributed by atoms with Gasteiger partial charge in [-0.2, -0.15) is 14.7 Å². The number of anilines is 2. The number of hydrogen-bond acceptors (Lipinski definition) is 8. The van der Waals surface area contributed by atoms with E-state index in [0.717, 1.165) is 12.8 Å². The Kier molecular flexibility index (Phi) is 6.99. The van der Waals surface area contributed by atoms with Crippen molar-refractivity contribution >= 4 is 38.4 Å². The lowest BCUT2D eigenvalue weighted by atomic mass is 10.1. The number of pyridine rings is 1. The summed E-state index contributed by atoms with van der Waals surface area (Å²) in [5.41, 5.74) is 0.258. The molecule has 1 saturated carbocycles. The lowest BCUT2D eigenvalue weighted by Crippen LogP contribution is -2.33. The first-order valence-electron chi connectivity index (χ1n) is 13.0. The molecule has 3 heterocycles. The van der Waals surface area contributed by atoms with Crippen LogP contribution in [0.1, 0.15) is 52.5 Å². The maximum absolute atomic E-state index is 13.3. The van der Waals surface area contributed by atoms with Crippen LogP contribution in [0, 0.1) is 23.2 Å². The van der Waals surface area contributed by atoms with Crippen LogP contribution in [0.4, 0.5) is 11.5 Å². The van der Waals surface area contributed by atoms with Crippen LogP contribution in [0.3, 0.4) is 0 Å². The number of aromatic amines is 1. The number of carbonyl (C=O) groups is 1. The smallest absolute Gasteiger partial charge is 0.310 e. The lowest BCUT2D eigenvalue weighted by molar-refractivity contribution is -0.159. The first-order valence-corrected chi connectivity index (χ1v) is 14.5. The van der Waals surface area contributed by atoms with E-state index < -0.39 is 21.5 Å². The van der Waals surface area contributed by atoms with Crippen LogP contribution in [-0.4, -0.2) is 52.1 Å². The van der Waals surface area contributed by atoms with Crippen molar-refractivity contribution in [2.75, 3.05) is 18.4 Å². The average molecular weight is 553 g/mol. The van der Waals surface area contributed by atoms with Gasteiger partial charge in [0.15, 0.2) is 5.82 Å². The van der Waals surface area contributed by atoms with E-state index in [1.807, 2.05) is 0 Å². The molecule has 12 heteroatoms. The molecule has 0 bridgehead atoms. The summed E-state index contributed by atoms with van der Waals surface area (Å²) in [6.45, 7) is 5.67. The van der Waals surface area contributed by atoms with Crippen LogP contribution < -0.4 is 10.9 Å². The van der Waals surface area contributed by atoms with Gasteiger partial charge in [0.05, 0.1) is 34.9 Å². The molecule has 1 aromatic carbocycles. The molecule has 2 N–H and O–H groups in total. The monoisotopic (exact) mass is 552 g/mol. The molecular formula is C27H32N6O5S. The van der Waals surface area contributed by atoms with Crippen molar-refractivity contribution < 1.29 is 17.9 Å². The fraction of sp³-hybridized carbons (Fsp3) is 0.481. The normalized spacial score (nSPS) is 19.1. The molecule has 2 unspecified atom stereocenters. The first-order chi connectivity index (χ1) is 18.5. The Morgan fingerprint density at radius 2 is 1.95 bits per heavy atom. The van der Waals surface area contributed by atoms with E-state index in [-0.39, 0.29) is 35.6 Å². The number of nitriles is 1. The topological polar surface area (TPSA) is 150 Å². The molecule has 2 fully saturated rings. The number of nitrogens with one attached hydrogen (secondary N) is 2. The molecule has 1 saturated heterocycles. The molecule has 0 amide bonds. The number of esters is 1. The van der Waals surface area contributed by atoms with E-state index in [1.54, 1.807) is 49.8 Å². The summed E-state index contributed by atoms with van der Waals surface area (Å²) in [6.07, 6.45) is 4.31. The summed E-state index contributed by atoms with van der Waals surface area (Å²) in [5, 5.41) is 17.6. The third-order valence-electron chi connectivity index (χ3n) is 7.06. The van der Waals surface area contributed by atoms with E-state index in [2.05, 4.69) is 21.5 Å². The minimum Gasteiger partial charge on any atom is -0.460 e. The van der Waals surface area contributed by atoms with Gasteiger partial charge in [0, 0.05) is 25.0 Å². The van der Waals surface area contributed by atoms with E-state index in [9.17, 15) is 23.3 Å². The van der Waals surface area contributed by atoms with Crippen LogP contribution in [0.15, 0.2) is 46.2 Å². The van der Waals surface area contributed by atoms with Gasteiger partial charge in [-0.1, -0.05) is 0 Å². The molecule has 2 atom stereocenters. The molecule has 11 nitrogen and oxygen atoms in total. The third kappa shape index (κ3) is 5.55. The van der Waals surface area contributed by atoms with Gasteiger partial charge in [-0.15, -0.1) is 0 Å². The Labute approximate surface area is 226 Å². The molecule has 206 valence electrons. The van der Waals surface area contributed by atoms with Crippen molar-refractivity contribution in [2.45, 2.75) is 63.0 Å². The number of sulfonamides is 1. The summed E-state index contributed by atoms with van der Waals surface area (Å²) >= 11 is 0. The van der Waals surface area contributed by atoms with Crippen molar-refractivity contribution in [3.63, 3.8) is 0 Å². The Hall–Kier alpha value is -3.69. The zero-order valence-electron chi connectivity index (χ0n) is 22.2. The predicted octanol–water partition coefficient (Wildman–Crippen LogP) is 3.69. The molecule has 0 radical (unpaired) electrons. The number of hydrogen-bond donors (Lipinski definition) is 2. The van der Waals surface area contributed by atoms with Gasteiger partial charge in [0.1, 0.15) is 11.0 Å². The van der Waals surface area contributed by atoms with Gasteiger partial charge in [-0.25, -0.2) is 8.42 Å². The maximum Gasteiger partial charge on any atom is 0.310 e. The minimum absolute atomic E-state index is 0.0777. The number of aromatic nitrogens is 3. The fourth-order valence-electron chi connectivity index (χ4n) is 4.99. The molecule has 0 spiro atoms. The van der Waals surface area contributed by atoms with Crippen molar-refractivity contribution in [1.82, 2.24) is 19.1 Å². The van der Waals surface area contributed by atoms with E-state index in [1.165, 1.54) is 16.4 Å². The van der Waals surface area contributed by atoms with E-state index >= 15 is 0 Å². The first kappa shape index (κ1) is 26.9. The van der Waals surface area contributed by atoms with Gasteiger partial charge in [-0.3, -0.25) is 14.3 Å². The zero-order valence-corrected chi connectivity index (χ0v) is 23.0. The number of fused-ring (bicyclic) bond motifs is 1. The SMILES string of the molecule is CC(C)(C)OC(=O)C1CCN(S(=O)(=O)c2ccc(Nc3nn(C(CC#N)C4CC4)c4cc[nH]c(=O)c34)cc2)C1. The summed E-state index contributed by atoms with van der Waals surface area (Å²) < 4.78 is 35.0. The molecule has 5 rings (SSSR count). The molecule has 39 heavy (non-hydrogen) atoms. The van der Waals surface area contributed by atoms with Crippen LogP contribution >= 0.6 is 0 Å². The highest BCUT2D eigenvalue weighted by molar-refractivity contribution is 7.89. The zero-order chi connectivity index (χ0) is 27.9. The minimum atomic E-state index is -3.80. The van der Waals surface area contributed by atoms with Crippen LogP contribution in [0.5, 0.6) is 0 Å². The van der Waals surface area contributed by atoms with Gasteiger partial charge < -0.3 is 15.0 Å². The summed E-state index contributed by atoms with van der Waals surface area (Å²) in [4.78, 5) is 27.9. The standard InChI is InChI=1S/C27H32N6O5S/c1-27(2,3)38-26(35)18-12-15-32(16-18)39(36,37)20-8-6-19(7-9-20)30-24-23-22(11-14-29-25(23)34)33(31-24)21(10-13-28)17-4-5-17/h6-9,11,14,17-18,21H,4-5,10,12,15-16H2,1-3H3,(H,29,34)(H,30,31). The number of benzene rings is 1. The van der Waals surface area contributed by atoms with Crippen molar-refractivity contribution in [3.05, 3.63) is 46.9 Å². The quantitative estimate of drug-likeness (QED) is 0.402. The number of H-pyrrole nitrogens is 1. The number of rotatable bonds is 8. The van der Waals surface area contributed by atoms with Crippen LogP contribution in [0.2, 0.25) is 0 Å². The maximum atomic E-state index is 13.3. The Morgan fingerprint density at radius 1 is 1.23 bits per heavy atom. The number of ether oxygens (including phenoxy) is 1. The van der Waals surface area contributed by atoms with Gasteiger partial charge >= 0.3 is 5.97 Å². The Bertz CT molecular complexity index is 1590.